The van der Waals surface area contributed by atoms with Crippen molar-refractivity contribution < 1.29 is 4.74 Å². The fourth-order valence-corrected chi connectivity index (χ4v) is 1.30. The van der Waals surface area contributed by atoms with Crippen LogP contribution in [0.4, 0.5) is 0 Å². The van der Waals surface area contributed by atoms with Gasteiger partial charge >= 0.3 is 0 Å². The second-order valence-corrected chi connectivity index (χ2v) is 3.26. The van der Waals surface area contributed by atoms with Gasteiger partial charge in [0.1, 0.15) is 5.75 Å². The van der Waals surface area contributed by atoms with Crippen molar-refractivity contribution in [2.75, 3.05) is 6.61 Å². The molecule has 0 aliphatic heterocycles. The summed E-state index contributed by atoms with van der Waals surface area (Å²) in [5.74, 6) is 0.931. The normalized spacial score (nSPS) is 12.5. The van der Waals surface area contributed by atoms with Crippen molar-refractivity contribution in [3.05, 3.63) is 29.8 Å². The summed E-state index contributed by atoms with van der Waals surface area (Å²) < 4.78 is 5.39. The lowest BCUT2D eigenvalue weighted by Crippen LogP contribution is -2.17. The lowest BCUT2D eigenvalue weighted by Gasteiger charge is -2.07. The number of hydrogen-bond acceptors (Lipinski definition) is 2. The topological polar surface area (TPSA) is 35.2 Å². The summed E-state index contributed by atoms with van der Waals surface area (Å²) in [4.78, 5) is 0. The van der Waals surface area contributed by atoms with Gasteiger partial charge in [-0.15, -0.1) is 0 Å². The van der Waals surface area contributed by atoms with Gasteiger partial charge in [-0.1, -0.05) is 12.1 Å². The lowest BCUT2D eigenvalue weighted by atomic mass is 10.1. The van der Waals surface area contributed by atoms with Crippen LogP contribution in [0.5, 0.6) is 5.75 Å². The Morgan fingerprint density at radius 2 is 2.23 bits per heavy atom. The average Bonchev–Trinajstić information content (AvgIpc) is 2.04. The van der Waals surface area contributed by atoms with Crippen LogP contribution >= 0.6 is 0 Å². The highest BCUT2D eigenvalue weighted by Crippen LogP contribution is 2.14. The summed E-state index contributed by atoms with van der Waals surface area (Å²) in [6, 6.07) is 8.30. The summed E-state index contributed by atoms with van der Waals surface area (Å²) in [6.07, 6.45) is 0.904. The van der Waals surface area contributed by atoms with Gasteiger partial charge in [0.25, 0.3) is 0 Å². The molecule has 1 rings (SSSR count). The zero-order valence-corrected chi connectivity index (χ0v) is 8.29. The monoisotopic (exact) mass is 179 g/mol. The molecule has 1 aromatic carbocycles. The van der Waals surface area contributed by atoms with Crippen molar-refractivity contribution in [2.24, 2.45) is 5.73 Å². The number of ether oxygens (including phenoxy) is 1. The van der Waals surface area contributed by atoms with E-state index in [9.17, 15) is 0 Å². The minimum Gasteiger partial charge on any atom is -0.494 e. The van der Waals surface area contributed by atoms with Crippen LogP contribution in [-0.2, 0) is 6.42 Å². The van der Waals surface area contributed by atoms with E-state index >= 15 is 0 Å². The highest BCUT2D eigenvalue weighted by atomic mass is 16.5. The van der Waals surface area contributed by atoms with Gasteiger partial charge in [-0.05, 0) is 38.0 Å². The fraction of sp³-hybridized carbons (Fsp3) is 0.455. The number of hydrogen-bond donors (Lipinski definition) is 1. The molecule has 2 N–H and O–H groups in total. The van der Waals surface area contributed by atoms with Crippen LogP contribution < -0.4 is 10.5 Å². The first-order valence-electron chi connectivity index (χ1n) is 4.69. The first kappa shape index (κ1) is 10.1. The molecule has 0 fully saturated rings. The third-order valence-corrected chi connectivity index (χ3v) is 1.77. The van der Waals surface area contributed by atoms with Gasteiger partial charge in [0.2, 0.25) is 0 Å². The largest absolute Gasteiger partial charge is 0.494 e. The van der Waals surface area contributed by atoms with E-state index < -0.39 is 0 Å². The van der Waals surface area contributed by atoms with Crippen LogP contribution in [0.15, 0.2) is 24.3 Å². The molecule has 0 radical (unpaired) electrons. The van der Waals surface area contributed by atoms with Crippen molar-refractivity contribution in [1.82, 2.24) is 0 Å². The Bertz CT molecular complexity index is 258. The molecule has 0 saturated carbocycles. The van der Waals surface area contributed by atoms with Crippen LogP contribution in [0.3, 0.4) is 0 Å². The maximum Gasteiger partial charge on any atom is 0.119 e. The summed E-state index contributed by atoms with van der Waals surface area (Å²) in [6.45, 7) is 4.70. The lowest BCUT2D eigenvalue weighted by molar-refractivity contribution is 0.340. The molecule has 0 amide bonds. The van der Waals surface area contributed by atoms with E-state index in [1.165, 1.54) is 5.56 Å². The molecule has 1 atom stereocenters. The van der Waals surface area contributed by atoms with E-state index in [0.717, 1.165) is 12.2 Å². The van der Waals surface area contributed by atoms with Gasteiger partial charge < -0.3 is 10.5 Å². The van der Waals surface area contributed by atoms with Crippen molar-refractivity contribution in [3.8, 4) is 5.75 Å². The first-order chi connectivity index (χ1) is 6.22. The zero-order chi connectivity index (χ0) is 9.68. The third-order valence-electron chi connectivity index (χ3n) is 1.77. The van der Waals surface area contributed by atoms with Crippen molar-refractivity contribution in [2.45, 2.75) is 26.3 Å². The highest BCUT2D eigenvalue weighted by Gasteiger charge is 1.99. The second kappa shape index (κ2) is 4.87. The predicted octanol–water partition coefficient (Wildman–Crippen LogP) is 1.98. The van der Waals surface area contributed by atoms with Gasteiger partial charge in [-0.3, -0.25) is 0 Å². The third kappa shape index (κ3) is 3.47. The predicted molar refractivity (Wildman–Crippen MR) is 55.0 cm³/mol. The van der Waals surface area contributed by atoms with Crippen molar-refractivity contribution >= 4 is 0 Å². The van der Waals surface area contributed by atoms with Gasteiger partial charge in [0.05, 0.1) is 6.61 Å². The molecule has 1 aromatic rings. The molecule has 2 heteroatoms. The molecule has 0 aliphatic carbocycles. The smallest absolute Gasteiger partial charge is 0.119 e. The van der Waals surface area contributed by atoms with Crippen LogP contribution in [0.1, 0.15) is 19.4 Å². The molecular formula is C11H17NO. The molecule has 0 aliphatic rings. The summed E-state index contributed by atoms with van der Waals surface area (Å²) in [7, 11) is 0. The molecule has 0 saturated heterocycles. The Morgan fingerprint density at radius 1 is 1.46 bits per heavy atom. The Labute approximate surface area is 79.7 Å². The zero-order valence-electron chi connectivity index (χ0n) is 8.29. The van der Waals surface area contributed by atoms with Gasteiger partial charge in [0, 0.05) is 6.04 Å². The Kier molecular flexibility index (Phi) is 3.77. The SMILES string of the molecule is CCOc1cccc(CC(C)N)c1. The van der Waals surface area contributed by atoms with E-state index in [-0.39, 0.29) is 6.04 Å². The maximum absolute atomic E-state index is 5.71. The van der Waals surface area contributed by atoms with E-state index in [1.54, 1.807) is 0 Å². The summed E-state index contributed by atoms with van der Waals surface area (Å²) >= 11 is 0. The molecule has 13 heavy (non-hydrogen) atoms. The van der Waals surface area contributed by atoms with Crippen molar-refractivity contribution in [3.63, 3.8) is 0 Å². The van der Waals surface area contributed by atoms with Gasteiger partial charge in [0.15, 0.2) is 0 Å². The highest BCUT2D eigenvalue weighted by molar-refractivity contribution is 5.28. The number of benzene rings is 1. The van der Waals surface area contributed by atoms with Gasteiger partial charge in [-0.25, -0.2) is 0 Å². The van der Waals surface area contributed by atoms with Crippen LogP contribution in [0.2, 0.25) is 0 Å². The summed E-state index contributed by atoms with van der Waals surface area (Å²) in [5, 5.41) is 0. The van der Waals surface area contributed by atoms with Crippen LogP contribution in [-0.4, -0.2) is 12.6 Å². The molecule has 0 heterocycles. The van der Waals surface area contributed by atoms with Crippen LogP contribution in [0.25, 0.3) is 0 Å². The molecule has 1 unspecified atom stereocenters. The second-order valence-electron chi connectivity index (χ2n) is 3.26. The fourth-order valence-electron chi connectivity index (χ4n) is 1.30. The standard InChI is InChI=1S/C11H17NO/c1-3-13-11-6-4-5-10(8-11)7-9(2)12/h4-6,8-9H,3,7,12H2,1-2H3. The molecule has 0 spiro atoms. The Balaban J connectivity index is 2.67. The quantitative estimate of drug-likeness (QED) is 0.767. The molecule has 72 valence electrons. The molecular weight excluding hydrogens is 162 g/mol. The molecule has 0 bridgehead atoms. The Hall–Kier alpha value is -1.02. The van der Waals surface area contributed by atoms with E-state index in [2.05, 4.69) is 6.07 Å². The molecule has 2 nitrogen and oxygen atoms in total. The van der Waals surface area contributed by atoms with Crippen molar-refractivity contribution in [1.29, 1.82) is 0 Å². The van der Waals surface area contributed by atoms with Gasteiger partial charge in [-0.2, -0.15) is 0 Å². The summed E-state index contributed by atoms with van der Waals surface area (Å²) in [5.41, 5.74) is 6.94. The van der Waals surface area contributed by atoms with Crippen LogP contribution in [0, 0.1) is 0 Å². The number of rotatable bonds is 4. The van der Waals surface area contributed by atoms with E-state index in [1.807, 2.05) is 32.0 Å². The van der Waals surface area contributed by atoms with E-state index in [0.29, 0.717) is 6.61 Å². The minimum atomic E-state index is 0.205. The average molecular weight is 179 g/mol. The Morgan fingerprint density at radius 3 is 2.85 bits per heavy atom. The minimum absolute atomic E-state index is 0.205. The first-order valence-corrected chi connectivity index (χ1v) is 4.69. The number of nitrogens with two attached hydrogens (primary N) is 1. The van der Waals surface area contributed by atoms with E-state index in [4.69, 9.17) is 10.5 Å². The molecule has 0 aromatic heterocycles. The maximum atomic E-state index is 5.71.